The Morgan fingerprint density at radius 2 is 1.86 bits per heavy atom. The summed E-state index contributed by atoms with van der Waals surface area (Å²) in [6.45, 7) is 0.861. The number of carbonyl (C=O) groups is 3. The number of amides is 1. The Bertz CT molecular complexity index is 1150. The molecule has 2 aromatic carbocycles. The Hall–Kier alpha value is -3.75. The number of aromatic hydroxyl groups is 1. The number of fused-ring (bicyclic) bond motifs is 1. The zero-order chi connectivity index (χ0) is 21.3. The molecular formula is C20H16F2N2O5. The van der Waals surface area contributed by atoms with Crippen LogP contribution in [0.3, 0.4) is 0 Å². The third kappa shape index (κ3) is 3.79. The fourth-order valence-corrected chi connectivity index (χ4v) is 3.15. The molecular weight excluding hydrogens is 386 g/mol. The number of rotatable bonds is 5. The summed E-state index contributed by atoms with van der Waals surface area (Å²) in [6, 6.07) is 7.34. The molecule has 29 heavy (non-hydrogen) atoms. The summed E-state index contributed by atoms with van der Waals surface area (Å²) in [6.07, 6.45) is -0.417. The van der Waals surface area contributed by atoms with Gasteiger partial charge in [-0.25, -0.2) is 8.78 Å². The molecule has 0 spiro atoms. The molecule has 1 aromatic heterocycles. The lowest BCUT2D eigenvalue weighted by molar-refractivity contribution is -0.137. The lowest BCUT2D eigenvalue weighted by atomic mass is 10.1. The second kappa shape index (κ2) is 7.70. The molecule has 1 amide bonds. The molecule has 7 nitrogen and oxygen atoms in total. The minimum absolute atomic E-state index is 0.0142. The van der Waals surface area contributed by atoms with Gasteiger partial charge in [-0.1, -0.05) is 6.07 Å². The van der Waals surface area contributed by atoms with E-state index >= 15 is 0 Å². The van der Waals surface area contributed by atoms with Crippen molar-refractivity contribution in [3.63, 3.8) is 0 Å². The number of nitrogens with one attached hydrogen (secondary N) is 1. The van der Waals surface area contributed by atoms with Crippen LogP contribution in [0.25, 0.3) is 10.9 Å². The average molecular weight is 402 g/mol. The molecule has 0 saturated carbocycles. The van der Waals surface area contributed by atoms with Crippen LogP contribution in [0, 0.1) is 18.6 Å². The van der Waals surface area contributed by atoms with E-state index in [1.165, 1.54) is 31.2 Å². The molecule has 0 bridgehead atoms. The molecule has 0 atom stereocenters. The van der Waals surface area contributed by atoms with E-state index in [-0.39, 0.29) is 27.7 Å². The van der Waals surface area contributed by atoms with E-state index in [4.69, 9.17) is 5.11 Å². The Morgan fingerprint density at radius 1 is 1.14 bits per heavy atom. The molecule has 0 fully saturated rings. The maximum Gasteiger partial charge on any atom is 0.322 e. The molecule has 0 aliphatic rings. The maximum atomic E-state index is 14.7. The largest absolute Gasteiger partial charge is 0.505 e. The van der Waals surface area contributed by atoms with Gasteiger partial charge in [-0.3, -0.25) is 19.0 Å². The normalized spacial score (nSPS) is 10.9. The van der Waals surface area contributed by atoms with Crippen LogP contribution in [0.4, 0.5) is 8.78 Å². The van der Waals surface area contributed by atoms with Crippen molar-refractivity contribution in [3.05, 3.63) is 64.9 Å². The van der Waals surface area contributed by atoms with Crippen molar-refractivity contribution < 1.29 is 33.4 Å². The van der Waals surface area contributed by atoms with Crippen molar-refractivity contribution in [3.8, 4) is 5.75 Å². The van der Waals surface area contributed by atoms with Gasteiger partial charge in [-0.15, -0.1) is 0 Å². The highest BCUT2D eigenvalue weighted by Crippen LogP contribution is 2.33. The van der Waals surface area contributed by atoms with Gasteiger partial charge < -0.3 is 15.5 Å². The lowest BCUT2D eigenvalue weighted by Gasteiger charge is -2.08. The van der Waals surface area contributed by atoms with Crippen LogP contribution >= 0.6 is 0 Å². The molecule has 0 saturated heterocycles. The zero-order valence-electron chi connectivity index (χ0n) is 15.2. The van der Waals surface area contributed by atoms with Crippen molar-refractivity contribution in [1.82, 2.24) is 9.88 Å². The van der Waals surface area contributed by atoms with E-state index in [1.807, 2.05) is 0 Å². The number of phenols is 1. The van der Waals surface area contributed by atoms with Crippen molar-refractivity contribution in [1.29, 1.82) is 0 Å². The standard InChI is InChI=1S/C20H16F2N2O5/c1-10-13(8-16(26)23-9-17(27)28)18-14(5-6-15(25)19(18)22)24(10)20(29)11-3-2-4-12(21)7-11/h2-7,25H,8-9H2,1H3,(H,23,26)(H,27,28). The number of phenolic OH excluding ortho intramolecular Hbond substituents is 1. The highest BCUT2D eigenvalue weighted by atomic mass is 19.1. The quantitative estimate of drug-likeness (QED) is 0.607. The highest BCUT2D eigenvalue weighted by Gasteiger charge is 2.25. The predicted molar refractivity (Wildman–Crippen MR) is 98.8 cm³/mol. The van der Waals surface area contributed by atoms with Crippen molar-refractivity contribution in [2.45, 2.75) is 13.3 Å². The second-order valence-corrected chi connectivity index (χ2v) is 6.35. The van der Waals surface area contributed by atoms with Gasteiger partial charge in [0.05, 0.1) is 11.9 Å². The van der Waals surface area contributed by atoms with E-state index in [0.717, 1.165) is 16.7 Å². The lowest BCUT2D eigenvalue weighted by Crippen LogP contribution is -2.30. The minimum atomic E-state index is -1.25. The minimum Gasteiger partial charge on any atom is -0.505 e. The van der Waals surface area contributed by atoms with Gasteiger partial charge in [0.1, 0.15) is 12.4 Å². The summed E-state index contributed by atoms with van der Waals surface area (Å²) in [7, 11) is 0. The SMILES string of the molecule is Cc1c(CC(=O)NCC(=O)O)c2c(F)c(O)ccc2n1C(=O)c1cccc(F)c1. The van der Waals surface area contributed by atoms with Gasteiger partial charge in [-0.05, 0) is 42.8 Å². The van der Waals surface area contributed by atoms with Gasteiger partial charge in [0, 0.05) is 16.6 Å². The topological polar surface area (TPSA) is 109 Å². The molecule has 9 heteroatoms. The fraction of sp³-hybridized carbons (Fsp3) is 0.150. The number of nitrogens with zero attached hydrogens (tertiary/aromatic N) is 1. The molecule has 0 unspecified atom stereocenters. The number of carbonyl (C=O) groups excluding carboxylic acids is 2. The molecule has 150 valence electrons. The third-order valence-electron chi connectivity index (χ3n) is 4.46. The van der Waals surface area contributed by atoms with Crippen molar-refractivity contribution in [2.24, 2.45) is 0 Å². The van der Waals surface area contributed by atoms with Gasteiger partial charge in [0.2, 0.25) is 5.91 Å². The number of carboxylic acids is 1. The van der Waals surface area contributed by atoms with E-state index in [9.17, 15) is 28.3 Å². The summed E-state index contributed by atoms with van der Waals surface area (Å²) < 4.78 is 29.4. The number of aromatic nitrogens is 1. The fourth-order valence-electron chi connectivity index (χ4n) is 3.15. The summed E-state index contributed by atoms with van der Waals surface area (Å²) in [5, 5.41) is 20.4. The van der Waals surface area contributed by atoms with Gasteiger partial charge in [-0.2, -0.15) is 0 Å². The van der Waals surface area contributed by atoms with Crippen LogP contribution in [0.1, 0.15) is 21.6 Å². The van der Waals surface area contributed by atoms with Crippen LogP contribution in [-0.2, 0) is 16.0 Å². The van der Waals surface area contributed by atoms with Crippen LogP contribution in [0.2, 0.25) is 0 Å². The predicted octanol–water partition coefficient (Wildman–Crippen LogP) is 2.37. The maximum absolute atomic E-state index is 14.7. The smallest absolute Gasteiger partial charge is 0.322 e. The number of hydrogen-bond acceptors (Lipinski definition) is 4. The number of aliphatic carboxylic acids is 1. The number of hydrogen-bond donors (Lipinski definition) is 3. The molecule has 0 aliphatic carbocycles. The Labute approximate surface area is 163 Å². The Kier molecular flexibility index (Phi) is 5.31. The van der Waals surface area contributed by atoms with Crippen molar-refractivity contribution >= 4 is 28.7 Å². The summed E-state index contributed by atoms with van der Waals surface area (Å²) >= 11 is 0. The first-order valence-corrected chi connectivity index (χ1v) is 8.50. The third-order valence-corrected chi connectivity index (χ3v) is 4.46. The van der Waals surface area contributed by atoms with Crippen LogP contribution in [0.15, 0.2) is 36.4 Å². The number of benzene rings is 2. The zero-order valence-corrected chi connectivity index (χ0v) is 15.2. The van der Waals surface area contributed by atoms with Crippen molar-refractivity contribution in [2.75, 3.05) is 6.54 Å². The summed E-state index contributed by atoms with van der Waals surface area (Å²) in [4.78, 5) is 35.7. The van der Waals surface area contributed by atoms with Gasteiger partial charge in [0.25, 0.3) is 5.91 Å². The van der Waals surface area contributed by atoms with Gasteiger partial charge in [0.15, 0.2) is 11.6 Å². The summed E-state index contributed by atoms with van der Waals surface area (Å²) in [5.74, 6) is -4.90. The van der Waals surface area contributed by atoms with E-state index in [2.05, 4.69) is 5.32 Å². The first-order chi connectivity index (χ1) is 13.7. The number of halogens is 2. The molecule has 0 radical (unpaired) electrons. The number of carboxylic acid groups (broad SMARTS) is 1. The average Bonchev–Trinajstić information content (AvgIpc) is 2.94. The Balaban J connectivity index is 2.15. The van der Waals surface area contributed by atoms with Crippen LogP contribution < -0.4 is 5.32 Å². The Morgan fingerprint density at radius 3 is 2.52 bits per heavy atom. The van der Waals surface area contributed by atoms with Crippen LogP contribution in [0.5, 0.6) is 5.75 Å². The first-order valence-electron chi connectivity index (χ1n) is 8.50. The first kappa shape index (κ1) is 20.0. The highest BCUT2D eigenvalue weighted by molar-refractivity contribution is 6.05. The van der Waals surface area contributed by atoms with E-state index in [1.54, 1.807) is 0 Å². The molecule has 3 aromatic rings. The molecule has 3 N–H and O–H groups in total. The molecule has 1 heterocycles. The van der Waals surface area contributed by atoms with Gasteiger partial charge >= 0.3 is 5.97 Å². The van der Waals surface area contributed by atoms with E-state index < -0.39 is 48.1 Å². The monoisotopic (exact) mass is 402 g/mol. The summed E-state index contributed by atoms with van der Waals surface area (Å²) in [5.41, 5.74) is 0.429. The molecule has 3 rings (SSSR count). The van der Waals surface area contributed by atoms with E-state index in [0.29, 0.717) is 0 Å². The molecule has 0 aliphatic heterocycles. The van der Waals surface area contributed by atoms with Crippen LogP contribution in [-0.4, -0.2) is 39.1 Å². The second-order valence-electron chi connectivity index (χ2n) is 6.35.